The third kappa shape index (κ3) is 18.3. The molecular formula is C22H47NO. The number of nitrogens with zero attached hydrogens (tertiary/aromatic N) is 1. The summed E-state index contributed by atoms with van der Waals surface area (Å²) >= 11 is 0. The Morgan fingerprint density at radius 3 is 1.67 bits per heavy atom. The van der Waals surface area contributed by atoms with Crippen LogP contribution in [0, 0.1) is 0 Å². The summed E-state index contributed by atoms with van der Waals surface area (Å²) in [4.78, 5) is 2.24. The van der Waals surface area contributed by atoms with Crippen molar-refractivity contribution in [2.75, 3.05) is 27.2 Å². The van der Waals surface area contributed by atoms with E-state index in [1.807, 2.05) is 0 Å². The maximum absolute atomic E-state index is 6.15. The molecule has 2 heteroatoms. The molecule has 0 bridgehead atoms. The van der Waals surface area contributed by atoms with Crippen molar-refractivity contribution in [1.82, 2.24) is 4.90 Å². The fraction of sp³-hybridized carbons (Fsp3) is 1.00. The highest BCUT2D eigenvalue weighted by Gasteiger charge is 2.08. The first-order valence-electron chi connectivity index (χ1n) is 11.0. The quantitative estimate of drug-likeness (QED) is 0.239. The van der Waals surface area contributed by atoms with Crippen LogP contribution in [0.3, 0.4) is 0 Å². The van der Waals surface area contributed by atoms with Gasteiger partial charge in [-0.1, -0.05) is 90.9 Å². The average Bonchev–Trinajstić information content (AvgIpc) is 2.57. The second kappa shape index (κ2) is 19.2. The molecule has 24 heavy (non-hydrogen) atoms. The molecule has 0 amide bonds. The van der Waals surface area contributed by atoms with Crippen molar-refractivity contribution >= 4 is 0 Å². The Morgan fingerprint density at radius 1 is 0.625 bits per heavy atom. The molecule has 0 aromatic heterocycles. The van der Waals surface area contributed by atoms with Crippen molar-refractivity contribution in [2.45, 2.75) is 116 Å². The molecule has 0 aromatic carbocycles. The Labute approximate surface area is 153 Å². The van der Waals surface area contributed by atoms with E-state index < -0.39 is 0 Å². The smallest absolute Gasteiger partial charge is 0.0575 e. The van der Waals surface area contributed by atoms with E-state index in [1.165, 1.54) is 89.9 Å². The van der Waals surface area contributed by atoms with E-state index in [0.29, 0.717) is 6.10 Å². The molecule has 1 atom stereocenters. The summed E-state index contributed by atoms with van der Waals surface area (Å²) in [5.41, 5.74) is 0. The van der Waals surface area contributed by atoms with Crippen molar-refractivity contribution in [3.8, 4) is 0 Å². The zero-order valence-corrected chi connectivity index (χ0v) is 17.5. The molecule has 0 aliphatic heterocycles. The predicted molar refractivity (Wildman–Crippen MR) is 109 cm³/mol. The van der Waals surface area contributed by atoms with E-state index in [1.54, 1.807) is 0 Å². The van der Waals surface area contributed by atoms with Gasteiger partial charge in [0, 0.05) is 6.61 Å². The monoisotopic (exact) mass is 341 g/mol. The lowest BCUT2D eigenvalue weighted by Crippen LogP contribution is -2.18. The van der Waals surface area contributed by atoms with Crippen LogP contribution in [0.5, 0.6) is 0 Å². The molecule has 2 nitrogen and oxygen atoms in total. The number of hydrogen-bond donors (Lipinski definition) is 0. The van der Waals surface area contributed by atoms with Crippen molar-refractivity contribution in [3.63, 3.8) is 0 Å². The summed E-state index contributed by atoms with van der Waals surface area (Å²) < 4.78 is 6.15. The predicted octanol–water partition coefficient (Wildman–Crippen LogP) is 6.82. The summed E-state index contributed by atoms with van der Waals surface area (Å²) in [6.45, 7) is 6.65. The van der Waals surface area contributed by atoms with Gasteiger partial charge in [-0.15, -0.1) is 0 Å². The van der Waals surface area contributed by atoms with Gasteiger partial charge in [0.05, 0.1) is 6.10 Å². The second-order valence-electron chi connectivity index (χ2n) is 7.76. The van der Waals surface area contributed by atoms with Crippen LogP contribution in [0.2, 0.25) is 0 Å². The number of unbranched alkanes of at least 4 members (excludes halogenated alkanes) is 10. The summed E-state index contributed by atoms with van der Waals surface area (Å²) in [7, 11) is 4.27. The largest absolute Gasteiger partial charge is 0.378 e. The SMILES string of the molecule is CCCCCCCCCCCCC(CCCC)OCCCN(C)C. The standard InChI is InChI=1S/C22H47NO/c1-5-7-9-10-11-12-13-14-15-16-19-22(18-8-6-2)24-21-17-20-23(3)4/h22H,5-21H2,1-4H3. The molecule has 0 saturated carbocycles. The van der Waals surface area contributed by atoms with E-state index in [0.717, 1.165) is 19.6 Å². The molecule has 0 radical (unpaired) electrons. The zero-order chi connectivity index (χ0) is 17.9. The molecule has 0 aromatic rings. The minimum Gasteiger partial charge on any atom is -0.378 e. The van der Waals surface area contributed by atoms with Gasteiger partial charge in [-0.2, -0.15) is 0 Å². The zero-order valence-electron chi connectivity index (χ0n) is 17.5. The first-order chi connectivity index (χ1) is 11.7. The van der Waals surface area contributed by atoms with Crippen LogP contribution in [-0.2, 0) is 4.74 Å². The Morgan fingerprint density at radius 2 is 1.12 bits per heavy atom. The van der Waals surface area contributed by atoms with Crippen LogP contribution < -0.4 is 0 Å². The van der Waals surface area contributed by atoms with Gasteiger partial charge in [0.1, 0.15) is 0 Å². The van der Waals surface area contributed by atoms with Crippen LogP contribution in [-0.4, -0.2) is 38.3 Å². The van der Waals surface area contributed by atoms with Crippen LogP contribution in [0.4, 0.5) is 0 Å². The fourth-order valence-electron chi connectivity index (χ4n) is 3.23. The van der Waals surface area contributed by atoms with Gasteiger partial charge in [-0.25, -0.2) is 0 Å². The van der Waals surface area contributed by atoms with Gasteiger partial charge in [0.15, 0.2) is 0 Å². The number of rotatable bonds is 19. The lowest BCUT2D eigenvalue weighted by Gasteiger charge is -2.18. The Bertz CT molecular complexity index is 230. The topological polar surface area (TPSA) is 12.5 Å². The van der Waals surface area contributed by atoms with Crippen molar-refractivity contribution in [1.29, 1.82) is 0 Å². The minimum absolute atomic E-state index is 0.515. The Balaban J connectivity index is 3.52. The van der Waals surface area contributed by atoms with Crippen molar-refractivity contribution < 1.29 is 4.74 Å². The molecule has 0 spiro atoms. The lowest BCUT2D eigenvalue weighted by atomic mass is 10.0. The van der Waals surface area contributed by atoms with Gasteiger partial charge in [-0.3, -0.25) is 0 Å². The van der Waals surface area contributed by atoms with Crippen molar-refractivity contribution in [3.05, 3.63) is 0 Å². The van der Waals surface area contributed by atoms with Gasteiger partial charge in [-0.05, 0) is 39.9 Å². The summed E-state index contributed by atoms with van der Waals surface area (Å²) in [5.74, 6) is 0. The van der Waals surface area contributed by atoms with Gasteiger partial charge < -0.3 is 9.64 Å². The van der Waals surface area contributed by atoms with Crippen LogP contribution >= 0.6 is 0 Å². The van der Waals surface area contributed by atoms with Crippen molar-refractivity contribution in [2.24, 2.45) is 0 Å². The minimum atomic E-state index is 0.515. The normalized spacial score (nSPS) is 12.9. The van der Waals surface area contributed by atoms with E-state index >= 15 is 0 Å². The molecule has 0 fully saturated rings. The van der Waals surface area contributed by atoms with Gasteiger partial charge >= 0.3 is 0 Å². The number of hydrogen-bond acceptors (Lipinski definition) is 2. The third-order valence-corrected chi connectivity index (χ3v) is 4.86. The molecule has 0 saturated heterocycles. The fourth-order valence-corrected chi connectivity index (χ4v) is 3.23. The van der Waals surface area contributed by atoms with E-state index in [4.69, 9.17) is 4.74 Å². The van der Waals surface area contributed by atoms with E-state index in [2.05, 4.69) is 32.8 Å². The molecule has 0 heterocycles. The second-order valence-corrected chi connectivity index (χ2v) is 7.76. The number of ether oxygens (including phenoxy) is 1. The Kier molecular flexibility index (Phi) is 19.2. The van der Waals surface area contributed by atoms with Gasteiger partial charge in [0.2, 0.25) is 0 Å². The lowest BCUT2D eigenvalue weighted by molar-refractivity contribution is 0.0345. The van der Waals surface area contributed by atoms with Crippen LogP contribution in [0.15, 0.2) is 0 Å². The molecular weight excluding hydrogens is 294 g/mol. The maximum Gasteiger partial charge on any atom is 0.0575 e. The highest BCUT2D eigenvalue weighted by Crippen LogP contribution is 2.16. The molecule has 146 valence electrons. The molecule has 0 N–H and O–H groups in total. The summed E-state index contributed by atoms with van der Waals surface area (Å²) in [6.07, 6.45) is 21.0. The third-order valence-electron chi connectivity index (χ3n) is 4.86. The van der Waals surface area contributed by atoms with E-state index in [9.17, 15) is 0 Å². The maximum atomic E-state index is 6.15. The summed E-state index contributed by atoms with van der Waals surface area (Å²) in [5, 5.41) is 0. The summed E-state index contributed by atoms with van der Waals surface area (Å²) in [6, 6.07) is 0. The molecule has 0 rings (SSSR count). The first-order valence-corrected chi connectivity index (χ1v) is 11.0. The highest BCUT2D eigenvalue weighted by molar-refractivity contribution is 4.60. The molecule has 1 unspecified atom stereocenters. The molecule has 0 aliphatic rings. The van der Waals surface area contributed by atoms with E-state index in [-0.39, 0.29) is 0 Å². The van der Waals surface area contributed by atoms with Crippen LogP contribution in [0.1, 0.15) is 110 Å². The first kappa shape index (κ1) is 23.9. The van der Waals surface area contributed by atoms with Gasteiger partial charge in [0.25, 0.3) is 0 Å². The van der Waals surface area contributed by atoms with Crippen LogP contribution in [0.25, 0.3) is 0 Å². The molecule has 0 aliphatic carbocycles. The average molecular weight is 342 g/mol. The Hall–Kier alpha value is -0.0800. The highest BCUT2D eigenvalue weighted by atomic mass is 16.5.